The summed E-state index contributed by atoms with van der Waals surface area (Å²) in [6, 6.07) is 7.10. The molecule has 1 aliphatic rings. The molecule has 0 amide bonds. The second-order valence-corrected chi connectivity index (χ2v) is 4.67. The van der Waals surface area contributed by atoms with Gasteiger partial charge < -0.3 is 10.2 Å². The van der Waals surface area contributed by atoms with Crippen LogP contribution >= 0.6 is 0 Å². The number of nitro groups is 1. The molecule has 0 saturated carbocycles. The van der Waals surface area contributed by atoms with Crippen molar-refractivity contribution in [2.75, 3.05) is 31.1 Å². The molecule has 1 saturated heterocycles. The highest BCUT2D eigenvalue weighted by Gasteiger charge is 2.21. The average Bonchev–Trinajstić information content (AvgIpc) is 3.02. The molecule has 0 spiro atoms. The molecule has 7 heteroatoms. The number of anilines is 1. The van der Waals surface area contributed by atoms with Gasteiger partial charge in [0.15, 0.2) is 0 Å². The van der Waals surface area contributed by atoms with Gasteiger partial charge in [-0.3, -0.25) is 15.2 Å². The van der Waals surface area contributed by atoms with Crippen molar-refractivity contribution in [1.82, 2.24) is 15.5 Å². The van der Waals surface area contributed by atoms with Crippen LogP contribution in [0.4, 0.5) is 11.4 Å². The number of piperazine rings is 1. The molecule has 1 fully saturated rings. The fourth-order valence-electron chi connectivity index (χ4n) is 2.43. The van der Waals surface area contributed by atoms with Gasteiger partial charge in [0, 0.05) is 44.0 Å². The van der Waals surface area contributed by atoms with Gasteiger partial charge in [-0.2, -0.15) is 5.10 Å². The number of H-pyrrole nitrogens is 1. The number of nitrogens with one attached hydrogen (secondary N) is 2. The van der Waals surface area contributed by atoms with E-state index in [1.165, 1.54) is 0 Å². The van der Waals surface area contributed by atoms with E-state index in [9.17, 15) is 10.1 Å². The van der Waals surface area contributed by atoms with Crippen LogP contribution in [0.2, 0.25) is 0 Å². The van der Waals surface area contributed by atoms with Crippen LogP contribution in [0.15, 0.2) is 30.5 Å². The normalized spacial score (nSPS) is 15.3. The summed E-state index contributed by atoms with van der Waals surface area (Å²) in [6.07, 6.45) is 1.63. The molecular weight excluding hydrogens is 258 g/mol. The van der Waals surface area contributed by atoms with Gasteiger partial charge in [-0.25, -0.2) is 0 Å². The minimum atomic E-state index is -0.322. The largest absolute Gasteiger partial charge is 0.363 e. The smallest absolute Gasteiger partial charge is 0.293 e. The van der Waals surface area contributed by atoms with Gasteiger partial charge in [0.2, 0.25) is 0 Å². The molecule has 0 aliphatic carbocycles. The second kappa shape index (κ2) is 5.30. The fraction of sp³-hybridized carbons (Fsp3) is 0.308. The quantitative estimate of drug-likeness (QED) is 0.652. The standard InChI is InChI=1S/C13H15N5O2/c19-18(20)13-9-10(11-3-4-15-16-11)1-2-12(13)17-7-5-14-6-8-17/h1-4,9,14H,5-8H2,(H,15,16). The van der Waals surface area contributed by atoms with Crippen molar-refractivity contribution in [3.63, 3.8) is 0 Å². The molecule has 1 aromatic carbocycles. The maximum Gasteiger partial charge on any atom is 0.293 e. The molecule has 3 rings (SSSR count). The summed E-state index contributed by atoms with van der Waals surface area (Å²) < 4.78 is 0. The molecule has 2 N–H and O–H groups in total. The third-order valence-corrected chi connectivity index (χ3v) is 3.44. The van der Waals surface area contributed by atoms with E-state index in [4.69, 9.17) is 0 Å². The topological polar surface area (TPSA) is 87.1 Å². The van der Waals surface area contributed by atoms with Crippen LogP contribution < -0.4 is 10.2 Å². The Kier molecular flexibility index (Phi) is 3.34. The Morgan fingerprint density at radius 2 is 2.05 bits per heavy atom. The van der Waals surface area contributed by atoms with Gasteiger partial charge in [-0.1, -0.05) is 6.07 Å². The Morgan fingerprint density at radius 3 is 2.70 bits per heavy atom. The Labute approximate surface area is 115 Å². The maximum atomic E-state index is 11.3. The van der Waals surface area contributed by atoms with Crippen molar-refractivity contribution < 1.29 is 4.92 Å². The van der Waals surface area contributed by atoms with Gasteiger partial charge in [0.25, 0.3) is 5.69 Å². The number of aromatic amines is 1. The molecule has 0 radical (unpaired) electrons. The first-order valence-corrected chi connectivity index (χ1v) is 6.49. The Morgan fingerprint density at radius 1 is 1.25 bits per heavy atom. The molecule has 1 aromatic heterocycles. The highest BCUT2D eigenvalue weighted by atomic mass is 16.6. The van der Waals surface area contributed by atoms with Crippen molar-refractivity contribution in [2.45, 2.75) is 0 Å². The van der Waals surface area contributed by atoms with Crippen molar-refractivity contribution in [3.05, 3.63) is 40.6 Å². The third-order valence-electron chi connectivity index (χ3n) is 3.44. The van der Waals surface area contributed by atoms with Crippen molar-refractivity contribution in [3.8, 4) is 11.3 Å². The summed E-state index contributed by atoms with van der Waals surface area (Å²) >= 11 is 0. The minimum Gasteiger partial charge on any atom is -0.363 e. The maximum absolute atomic E-state index is 11.3. The van der Waals surface area contributed by atoms with Crippen molar-refractivity contribution in [2.24, 2.45) is 0 Å². The predicted octanol–water partition coefficient (Wildman–Crippen LogP) is 1.39. The molecule has 1 aliphatic heterocycles. The molecule has 0 bridgehead atoms. The van der Waals surface area contributed by atoms with E-state index in [1.807, 2.05) is 17.0 Å². The van der Waals surface area contributed by atoms with Gasteiger partial charge in [0.05, 0.1) is 10.6 Å². The van der Waals surface area contributed by atoms with Crippen molar-refractivity contribution in [1.29, 1.82) is 0 Å². The summed E-state index contributed by atoms with van der Waals surface area (Å²) in [6.45, 7) is 3.26. The van der Waals surface area contributed by atoms with Crippen molar-refractivity contribution >= 4 is 11.4 Å². The molecule has 104 valence electrons. The van der Waals surface area contributed by atoms with Crippen LogP contribution in [0.5, 0.6) is 0 Å². The summed E-state index contributed by atoms with van der Waals surface area (Å²) in [4.78, 5) is 13.0. The van der Waals surface area contributed by atoms with E-state index in [0.29, 0.717) is 5.69 Å². The number of benzene rings is 1. The minimum absolute atomic E-state index is 0.138. The van der Waals surface area contributed by atoms with Gasteiger partial charge in [-0.15, -0.1) is 0 Å². The zero-order valence-electron chi connectivity index (χ0n) is 10.9. The number of aromatic nitrogens is 2. The molecule has 2 aromatic rings. The molecule has 0 unspecified atom stereocenters. The van der Waals surface area contributed by atoms with E-state index in [-0.39, 0.29) is 10.6 Å². The zero-order valence-corrected chi connectivity index (χ0v) is 10.9. The lowest BCUT2D eigenvalue weighted by molar-refractivity contribution is -0.384. The molecule has 7 nitrogen and oxygen atoms in total. The average molecular weight is 273 g/mol. The summed E-state index contributed by atoms with van der Waals surface area (Å²) in [7, 11) is 0. The predicted molar refractivity (Wildman–Crippen MR) is 75.8 cm³/mol. The summed E-state index contributed by atoms with van der Waals surface area (Å²) in [5, 5.41) is 21.3. The molecule has 20 heavy (non-hydrogen) atoms. The Balaban J connectivity index is 2.00. The number of nitrogens with zero attached hydrogens (tertiary/aromatic N) is 3. The van der Waals surface area contributed by atoms with E-state index < -0.39 is 0 Å². The van der Waals surface area contributed by atoms with Crippen LogP contribution in [-0.4, -0.2) is 41.3 Å². The third kappa shape index (κ3) is 2.35. The fourth-order valence-corrected chi connectivity index (χ4v) is 2.43. The first kappa shape index (κ1) is 12.6. The lowest BCUT2D eigenvalue weighted by Gasteiger charge is -2.29. The lowest BCUT2D eigenvalue weighted by atomic mass is 10.1. The summed E-state index contributed by atoms with van der Waals surface area (Å²) in [5.41, 5.74) is 2.37. The van der Waals surface area contributed by atoms with Crippen LogP contribution in [0.1, 0.15) is 0 Å². The number of hydrogen-bond acceptors (Lipinski definition) is 5. The number of rotatable bonds is 3. The highest BCUT2D eigenvalue weighted by Crippen LogP contribution is 2.32. The SMILES string of the molecule is O=[N+]([O-])c1cc(-c2ccn[nH]2)ccc1N1CCNCC1. The van der Waals surface area contributed by atoms with Gasteiger partial charge >= 0.3 is 0 Å². The molecule has 0 atom stereocenters. The Bertz CT molecular complexity index is 605. The molecule has 2 heterocycles. The van der Waals surface area contributed by atoms with Crippen LogP contribution in [-0.2, 0) is 0 Å². The van der Waals surface area contributed by atoms with Gasteiger partial charge in [0.1, 0.15) is 5.69 Å². The Hall–Kier alpha value is -2.41. The lowest BCUT2D eigenvalue weighted by Crippen LogP contribution is -2.43. The number of nitro benzene ring substituents is 1. The van der Waals surface area contributed by atoms with E-state index in [1.54, 1.807) is 18.3 Å². The van der Waals surface area contributed by atoms with Gasteiger partial charge in [-0.05, 0) is 12.1 Å². The number of hydrogen-bond donors (Lipinski definition) is 2. The van der Waals surface area contributed by atoms with E-state index in [0.717, 1.165) is 37.4 Å². The summed E-state index contributed by atoms with van der Waals surface area (Å²) in [5.74, 6) is 0. The van der Waals surface area contributed by atoms with E-state index >= 15 is 0 Å². The van der Waals surface area contributed by atoms with Crippen LogP contribution in [0, 0.1) is 10.1 Å². The van der Waals surface area contributed by atoms with Crippen LogP contribution in [0.3, 0.4) is 0 Å². The monoisotopic (exact) mass is 273 g/mol. The first-order chi connectivity index (χ1) is 9.75. The van der Waals surface area contributed by atoms with E-state index in [2.05, 4.69) is 15.5 Å². The second-order valence-electron chi connectivity index (χ2n) is 4.67. The highest BCUT2D eigenvalue weighted by molar-refractivity contribution is 5.72. The first-order valence-electron chi connectivity index (χ1n) is 6.49. The molecular formula is C13H15N5O2. The van der Waals surface area contributed by atoms with Crippen LogP contribution in [0.25, 0.3) is 11.3 Å². The zero-order chi connectivity index (χ0) is 13.9.